The molecule has 18 heteroatoms. The van der Waals surface area contributed by atoms with E-state index >= 15 is 0 Å². The summed E-state index contributed by atoms with van der Waals surface area (Å²) in [5.41, 5.74) is 3.50. The normalized spacial score (nSPS) is 19.2. The number of hydrogen-bond donors (Lipinski definition) is 4. The molecule has 0 aliphatic carbocycles. The van der Waals surface area contributed by atoms with Gasteiger partial charge < -0.3 is 40.0 Å². The second-order valence-electron chi connectivity index (χ2n) is 14.0. The quantitative estimate of drug-likeness (QED) is 0.163. The fourth-order valence-corrected chi connectivity index (χ4v) is 9.43. The summed E-state index contributed by atoms with van der Waals surface area (Å²) in [6.07, 6.45) is 1.34. The predicted molar refractivity (Wildman–Crippen MR) is 209 cm³/mol. The molecule has 4 unspecified atom stereocenters. The van der Waals surface area contributed by atoms with Crippen LogP contribution in [0, 0.1) is 11.8 Å². The molecule has 0 amide bonds. The number of aliphatic hydroxyl groups excluding tert-OH is 2. The van der Waals surface area contributed by atoms with Crippen molar-refractivity contribution in [1.82, 2.24) is 29.5 Å². The number of aromatic nitrogens is 6. The molecule has 1 fully saturated rings. The number of aliphatic hydroxyl groups is 2. The first-order valence-corrected chi connectivity index (χ1v) is 20.9. The largest absolute Gasteiger partial charge is 0.494 e. The molecular formula is C35H49ClN10O5S2. The lowest BCUT2D eigenvalue weighted by Gasteiger charge is -2.35. The predicted octanol–water partition coefficient (Wildman–Crippen LogP) is 3.01. The minimum atomic E-state index is -1.12. The van der Waals surface area contributed by atoms with E-state index in [1.807, 2.05) is 46.9 Å². The Bertz CT molecular complexity index is 1990. The van der Waals surface area contributed by atoms with Crippen LogP contribution in [0.25, 0.3) is 11.0 Å². The first-order chi connectivity index (χ1) is 25.4. The van der Waals surface area contributed by atoms with Gasteiger partial charge in [0.1, 0.15) is 32.7 Å². The van der Waals surface area contributed by atoms with Gasteiger partial charge in [-0.25, -0.2) is 15.0 Å². The van der Waals surface area contributed by atoms with Gasteiger partial charge in [0.25, 0.3) is 0 Å². The van der Waals surface area contributed by atoms with Crippen LogP contribution in [0.15, 0.2) is 28.0 Å². The monoisotopic (exact) mass is 788 g/mol. The lowest BCUT2D eigenvalue weighted by molar-refractivity contribution is 0.248. The molecule has 6 heterocycles. The van der Waals surface area contributed by atoms with E-state index in [2.05, 4.69) is 41.0 Å². The topological polar surface area (TPSA) is 184 Å². The number of imidazole rings is 1. The van der Waals surface area contributed by atoms with Crippen LogP contribution in [0.1, 0.15) is 39.1 Å². The minimum absolute atomic E-state index is 0.0132. The zero-order chi connectivity index (χ0) is 38.0. The van der Waals surface area contributed by atoms with Crippen molar-refractivity contribution in [3.05, 3.63) is 34.9 Å². The molecule has 4 N–H and O–H groups in total. The third kappa shape index (κ3) is 8.23. The maximum atomic E-state index is 12.7. The van der Waals surface area contributed by atoms with Gasteiger partial charge in [-0.15, -0.1) is 0 Å². The molecule has 1 saturated heterocycles. The maximum Gasteiger partial charge on any atom is 0.227 e. The standard InChI is InChI=1S/C24H33N7O3S.C11H16ClN3O2S/c1-15(2)17(14-32)25-22-21-16(8-13-35(21)33)26-23(28-22)30-9-11-31(12-10-30)24-27-20-18(29(24)3)6-5-7-19(20)34-4;1-6(2)8(5-16)13-10-9-7(3-4-18(9)17)14-11(12)15-10/h5-7,15,17,32H,8-14H2,1-4H3,(H,25,26,28);6,8,16H,3-5H2,1-2H3,(H,13,14,15). The molecule has 3 aliphatic rings. The molecule has 53 heavy (non-hydrogen) atoms. The Balaban J connectivity index is 0.000000225. The molecule has 288 valence electrons. The smallest absolute Gasteiger partial charge is 0.227 e. The highest BCUT2D eigenvalue weighted by Gasteiger charge is 2.31. The first kappa shape index (κ1) is 39.1. The van der Waals surface area contributed by atoms with Crippen molar-refractivity contribution in [2.45, 2.75) is 62.4 Å². The van der Waals surface area contributed by atoms with Crippen molar-refractivity contribution in [3.8, 4) is 5.75 Å². The van der Waals surface area contributed by atoms with Crippen LogP contribution in [0.5, 0.6) is 5.75 Å². The number of nitrogens with one attached hydrogen (secondary N) is 2. The number of aryl methyl sites for hydroxylation is 3. The summed E-state index contributed by atoms with van der Waals surface area (Å²) in [6.45, 7) is 11.1. The fraction of sp³-hybridized carbons (Fsp3) is 0.571. The highest BCUT2D eigenvalue weighted by atomic mass is 35.5. The van der Waals surface area contributed by atoms with Crippen molar-refractivity contribution in [1.29, 1.82) is 0 Å². The molecule has 1 aromatic carbocycles. The molecule has 3 aromatic heterocycles. The van der Waals surface area contributed by atoms with Gasteiger partial charge in [0.2, 0.25) is 17.2 Å². The number of para-hydroxylation sites is 1. The van der Waals surface area contributed by atoms with Gasteiger partial charge >= 0.3 is 0 Å². The number of halogens is 1. The molecule has 3 aliphatic heterocycles. The van der Waals surface area contributed by atoms with E-state index < -0.39 is 21.6 Å². The summed E-state index contributed by atoms with van der Waals surface area (Å²) < 4.78 is 32.2. The molecule has 0 spiro atoms. The van der Waals surface area contributed by atoms with E-state index in [4.69, 9.17) is 31.3 Å². The lowest BCUT2D eigenvalue weighted by Crippen LogP contribution is -2.48. The summed E-state index contributed by atoms with van der Waals surface area (Å²) in [5, 5.41) is 25.8. The average Bonchev–Trinajstić information content (AvgIpc) is 3.83. The number of piperazine rings is 1. The number of rotatable bonds is 11. The highest BCUT2D eigenvalue weighted by Crippen LogP contribution is 2.33. The van der Waals surface area contributed by atoms with Crippen LogP contribution in [0.4, 0.5) is 23.5 Å². The van der Waals surface area contributed by atoms with Gasteiger partial charge in [-0.1, -0.05) is 33.8 Å². The summed E-state index contributed by atoms with van der Waals surface area (Å²) in [4.78, 5) is 28.5. The highest BCUT2D eigenvalue weighted by molar-refractivity contribution is 7.85. The number of benzene rings is 1. The molecule has 0 radical (unpaired) electrons. The van der Waals surface area contributed by atoms with Gasteiger partial charge in [-0.05, 0) is 35.6 Å². The van der Waals surface area contributed by atoms with E-state index in [9.17, 15) is 18.6 Å². The summed E-state index contributed by atoms with van der Waals surface area (Å²) in [7, 11) is 1.51. The Morgan fingerprint density at radius 2 is 1.36 bits per heavy atom. The van der Waals surface area contributed by atoms with Gasteiger partial charge in [-0.3, -0.25) is 8.42 Å². The zero-order valence-electron chi connectivity index (χ0n) is 31.0. The second-order valence-corrected chi connectivity index (χ2v) is 17.3. The van der Waals surface area contributed by atoms with Crippen molar-refractivity contribution >= 4 is 67.8 Å². The van der Waals surface area contributed by atoms with Crippen molar-refractivity contribution in [2.24, 2.45) is 18.9 Å². The molecule has 0 saturated carbocycles. The summed E-state index contributed by atoms with van der Waals surface area (Å²) >= 11 is 5.86. The molecule has 15 nitrogen and oxygen atoms in total. The van der Waals surface area contributed by atoms with Gasteiger partial charge in [0.15, 0.2) is 0 Å². The molecular weight excluding hydrogens is 740 g/mol. The molecule has 4 aromatic rings. The number of anilines is 4. The average molecular weight is 789 g/mol. The number of fused-ring (bicyclic) bond motifs is 3. The van der Waals surface area contributed by atoms with Crippen LogP contribution >= 0.6 is 11.6 Å². The third-order valence-corrected chi connectivity index (χ3v) is 13.0. The molecule has 0 bridgehead atoms. The van der Waals surface area contributed by atoms with E-state index in [1.165, 1.54) is 0 Å². The molecule has 4 atom stereocenters. The van der Waals surface area contributed by atoms with Crippen molar-refractivity contribution < 1.29 is 23.4 Å². The van der Waals surface area contributed by atoms with Crippen LogP contribution in [-0.4, -0.2) is 118 Å². The summed E-state index contributed by atoms with van der Waals surface area (Å²) in [6, 6.07) is 5.66. The second kappa shape index (κ2) is 16.8. The van der Waals surface area contributed by atoms with Crippen LogP contribution < -0.4 is 25.2 Å². The number of methoxy groups -OCH3 is 1. The SMILES string of the molecule is CC(C)C(CO)Nc1nc(Cl)nc2c1S(=O)CC2.COc1cccc2c1nc(N1CCN(c3nc4c(c(NC(CO)C(C)C)n3)S(=O)CC4)CC1)n2C. The van der Waals surface area contributed by atoms with E-state index in [0.717, 1.165) is 60.3 Å². The Kier molecular flexibility index (Phi) is 12.4. The fourth-order valence-electron chi connectivity index (χ4n) is 6.62. The Hall–Kier alpha value is -3.64. The first-order valence-electron chi connectivity index (χ1n) is 17.9. The van der Waals surface area contributed by atoms with Gasteiger partial charge in [-0.2, -0.15) is 9.97 Å². The van der Waals surface area contributed by atoms with E-state index in [0.29, 0.717) is 51.7 Å². The number of ether oxygens (including phenoxy) is 1. The third-order valence-electron chi connectivity index (χ3n) is 9.90. The van der Waals surface area contributed by atoms with Crippen molar-refractivity contribution in [3.63, 3.8) is 0 Å². The van der Waals surface area contributed by atoms with Gasteiger partial charge in [0, 0.05) is 57.6 Å². The minimum Gasteiger partial charge on any atom is -0.494 e. The van der Waals surface area contributed by atoms with Gasteiger partial charge in [0.05, 0.1) is 70.9 Å². The zero-order valence-corrected chi connectivity index (χ0v) is 33.4. The van der Waals surface area contributed by atoms with Crippen molar-refractivity contribution in [2.75, 3.05) is 78.4 Å². The van der Waals surface area contributed by atoms with E-state index in [1.54, 1.807) is 7.11 Å². The van der Waals surface area contributed by atoms with Crippen LogP contribution in [-0.2, 0) is 41.5 Å². The van der Waals surface area contributed by atoms with E-state index in [-0.39, 0.29) is 42.4 Å². The number of hydrogen-bond acceptors (Lipinski definition) is 14. The molecule has 7 rings (SSSR count). The van der Waals surface area contributed by atoms with Crippen LogP contribution in [0.2, 0.25) is 5.28 Å². The van der Waals surface area contributed by atoms with Crippen LogP contribution in [0.3, 0.4) is 0 Å². The Morgan fingerprint density at radius 1 is 0.811 bits per heavy atom. The Labute approximate surface area is 319 Å². The number of nitrogens with zero attached hydrogens (tertiary/aromatic N) is 8. The Morgan fingerprint density at radius 3 is 1.91 bits per heavy atom. The summed E-state index contributed by atoms with van der Waals surface area (Å²) in [5.74, 6) is 4.99. The lowest BCUT2D eigenvalue weighted by atomic mass is 10.1. The maximum absolute atomic E-state index is 12.7.